The molecule has 0 saturated heterocycles. The molecule has 110 valence electrons. The standard InChI is InChI=1S/C13H20N4O3/c1-13(2,3)17-11(18)5-6-14-10-8-15-9(7-16-10)12(19)20-4/h7-8H,5-6H2,1-4H3,(H,14,16)(H,17,18). The van der Waals surface area contributed by atoms with E-state index in [0.717, 1.165) is 0 Å². The Bertz CT molecular complexity index is 465. The number of ether oxygens (including phenoxy) is 1. The summed E-state index contributed by atoms with van der Waals surface area (Å²) in [6.07, 6.45) is 3.08. The van der Waals surface area contributed by atoms with E-state index >= 15 is 0 Å². The van der Waals surface area contributed by atoms with Gasteiger partial charge in [-0.2, -0.15) is 0 Å². The first-order valence-corrected chi connectivity index (χ1v) is 6.27. The van der Waals surface area contributed by atoms with E-state index in [1.807, 2.05) is 20.8 Å². The molecule has 7 nitrogen and oxygen atoms in total. The molecule has 0 spiro atoms. The Morgan fingerprint density at radius 3 is 2.45 bits per heavy atom. The fourth-order valence-corrected chi connectivity index (χ4v) is 1.41. The molecule has 0 aliphatic carbocycles. The fourth-order valence-electron chi connectivity index (χ4n) is 1.41. The summed E-state index contributed by atoms with van der Waals surface area (Å²) in [6, 6.07) is 0. The summed E-state index contributed by atoms with van der Waals surface area (Å²) < 4.78 is 4.52. The maximum atomic E-state index is 11.6. The fraction of sp³-hybridized carbons (Fsp3) is 0.538. The molecule has 0 atom stereocenters. The molecule has 0 fully saturated rings. The summed E-state index contributed by atoms with van der Waals surface area (Å²) in [4.78, 5) is 30.7. The van der Waals surface area contributed by atoms with Crippen LogP contribution in [0, 0.1) is 0 Å². The lowest BCUT2D eigenvalue weighted by molar-refractivity contribution is -0.122. The van der Waals surface area contributed by atoms with Crippen molar-refractivity contribution in [2.75, 3.05) is 19.0 Å². The molecule has 0 aliphatic heterocycles. The summed E-state index contributed by atoms with van der Waals surface area (Å²) in [6.45, 7) is 6.22. The monoisotopic (exact) mass is 280 g/mol. The Balaban J connectivity index is 2.39. The first-order chi connectivity index (χ1) is 9.31. The van der Waals surface area contributed by atoms with E-state index in [4.69, 9.17) is 0 Å². The lowest BCUT2D eigenvalue weighted by Gasteiger charge is -2.20. The van der Waals surface area contributed by atoms with Crippen LogP contribution in [0.5, 0.6) is 0 Å². The van der Waals surface area contributed by atoms with Crippen molar-refractivity contribution < 1.29 is 14.3 Å². The van der Waals surface area contributed by atoms with Crippen molar-refractivity contribution in [2.45, 2.75) is 32.7 Å². The largest absolute Gasteiger partial charge is 0.464 e. The molecule has 1 amide bonds. The Kier molecular flexibility index (Phi) is 5.42. The molecule has 0 unspecified atom stereocenters. The Hall–Kier alpha value is -2.18. The highest BCUT2D eigenvalue weighted by atomic mass is 16.5. The van der Waals surface area contributed by atoms with Crippen LogP contribution in [0.15, 0.2) is 12.4 Å². The lowest BCUT2D eigenvalue weighted by Crippen LogP contribution is -2.41. The predicted molar refractivity (Wildman–Crippen MR) is 74.4 cm³/mol. The Morgan fingerprint density at radius 1 is 1.25 bits per heavy atom. The number of esters is 1. The smallest absolute Gasteiger partial charge is 0.358 e. The number of carbonyl (C=O) groups is 2. The second-order valence-corrected chi connectivity index (χ2v) is 5.25. The number of amides is 1. The van der Waals surface area contributed by atoms with Gasteiger partial charge in [-0.1, -0.05) is 0 Å². The number of carbonyl (C=O) groups excluding carboxylic acids is 2. The molecule has 0 aromatic carbocycles. The van der Waals surface area contributed by atoms with Crippen LogP contribution in [-0.4, -0.2) is 41.0 Å². The molecule has 1 heterocycles. The molecule has 0 saturated carbocycles. The summed E-state index contributed by atoms with van der Waals surface area (Å²) in [7, 11) is 1.28. The van der Waals surface area contributed by atoms with Gasteiger partial charge < -0.3 is 15.4 Å². The summed E-state index contributed by atoms with van der Waals surface area (Å²) in [5.41, 5.74) is -0.0949. The molecule has 2 N–H and O–H groups in total. The van der Waals surface area contributed by atoms with Gasteiger partial charge >= 0.3 is 5.97 Å². The maximum Gasteiger partial charge on any atom is 0.358 e. The average Bonchev–Trinajstić information content (AvgIpc) is 2.36. The zero-order valence-corrected chi connectivity index (χ0v) is 12.2. The van der Waals surface area contributed by atoms with E-state index in [-0.39, 0.29) is 17.1 Å². The molecule has 0 aliphatic rings. The van der Waals surface area contributed by atoms with Crippen LogP contribution >= 0.6 is 0 Å². The van der Waals surface area contributed by atoms with Crippen molar-refractivity contribution in [3.8, 4) is 0 Å². The van der Waals surface area contributed by atoms with E-state index in [9.17, 15) is 9.59 Å². The topological polar surface area (TPSA) is 93.2 Å². The minimum Gasteiger partial charge on any atom is -0.464 e. The molecule has 1 rings (SSSR count). The van der Waals surface area contributed by atoms with Gasteiger partial charge in [0, 0.05) is 18.5 Å². The molecule has 0 radical (unpaired) electrons. The highest BCUT2D eigenvalue weighted by Gasteiger charge is 2.13. The lowest BCUT2D eigenvalue weighted by atomic mass is 10.1. The average molecular weight is 280 g/mol. The molecule has 20 heavy (non-hydrogen) atoms. The highest BCUT2D eigenvalue weighted by molar-refractivity contribution is 5.86. The van der Waals surface area contributed by atoms with Crippen molar-refractivity contribution in [2.24, 2.45) is 0 Å². The molecule has 7 heteroatoms. The van der Waals surface area contributed by atoms with Crippen LogP contribution < -0.4 is 10.6 Å². The van der Waals surface area contributed by atoms with Gasteiger partial charge in [-0.15, -0.1) is 0 Å². The van der Waals surface area contributed by atoms with Crippen LogP contribution in [0.2, 0.25) is 0 Å². The molecule has 1 aromatic heterocycles. The van der Waals surface area contributed by atoms with Gasteiger partial charge in [0.25, 0.3) is 0 Å². The van der Waals surface area contributed by atoms with Crippen molar-refractivity contribution in [1.82, 2.24) is 15.3 Å². The van der Waals surface area contributed by atoms with E-state index in [1.165, 1.54) is 19.5 Å². The van der Waals surface area contributed by atoms with Gasteiger partial charge in [0.15, 0.2) is 5.69 Å². The SMILES string of the molecule is COC(=O)c1cnc(NCCC(=O)NC(C)(C)C)cn1. The van der Waals surface area contributed by atoms with Crippen LogP contribution in [0.25, 0.3) is 0 Å². The quantitative estimate of drug-likeness (QED) is 0.781. The third kappa shape index (κ3) is 5.64. The summed E-state index contributed by atoms with van der Waals surface area (Å²) in [5.74, 6) is -0.0704. The zero-order chi connectivity index (χ0) is 15.2. The normalized spacial score (nSPS) is 10.8. The number of rotatable bonds is 5. The van der Waals surface area contributed by atoms with Gasteiger partial charge in [-0.3, -0.25) is 4.79 Å². The summed E-state index contributed by atoms with van der Waals surface area (Å²) >= 11 is 0. The number of nitrogens with one attached hydrogen (secondary N) is 2. The van der Waals surface area contributed by atoms with Crippen molar-refractivity contribution in [1.29, 1.82) is 0 Å². The first-order valence-electron chi connectivity index (χ1n) is 6.27. The number of anilines is 1. The third-order valence-electron chi connectivity index (χ3n) is 2.22. The molecule has 0 bridgehead atoms. The molecule has 1 aromatic rings. The number of hydrogen-bond acceptors (Lipinski definition) is 6. The van der Waals surface area contributed by atoms with Crippen LogP contribution in [-0.2, 0) is 9.53 Å². The van der Waals surface area contributed by atoms with Gasteiger partial charge in [0.1, 0.15) is 5.82 Å². The van der Waals surface area contributed by atoms with E-state index < -0.39 is 5.97 Å². The number of hydrogen-bond donors (Lipinski definition) is 2. The first kappa shape index (κ1) is 15.9. The van der Waals surface area contributed by atoms with E-state index in [1.54, 1.807) is 0 Å². The van der Waals surface area contributed by atoms with Crippen LogP contribution in [0.4, 0.5) is 5.82 Å². The van der Waals surface area contributed by atoms with Gasteiger partial charge in [0.2, 0.25) is 5.91 Å². The third-order valence-corrected chi connectivity index (χ3v) is 2.22. The molecular formula is C13H20N4O3. The summed E-state index contributed by atoms with van der Waals surface area (Å²) in [5, 5.41) is 5.82. The minimum absolute atomic E-state index is 0.0378. The van der Waals surface area contributed by atoms with Crippen molar-refractivity contribution in [3.63, 3.8) is 0 Å². The van der Waals surface area contributed by atoms with Crippen LogP contribution in [0.1, 0.15) is 37.7 Å². The number of methoxy groups -OCH3 is 1. The van der Waals surface area contributed by atoms with Crippen molar-refractivity contribution in [3.05, 3.63) is 18.1 Å². The van der Waals surface area contributed by atoms with Gasteiger partial charge in [0.05, 0.1) is 19.5 Å². The Labute approximate surface area is 118 Å². The van der Waals surface area contributed by atoms with Crippen LogP contribution in [0.3, 0.4) is 0 Å². The number of aromatic nitrogens is 2. The maximum absolute atomic E-state index is 11.6. The minimum atomic E-state index is -0.534. The highest BCUT2D eigenvalue weighted by Crippen LogP contribution is 2.03. The van der Waals surface area contributed by atoms with Crippen molar-refractivity contribution >= 4 is 17.7 Å². The van der Waals surface area contributed by atoms with E-state index in [0.29, 0.717) is 18.8 Å². The second-order valence-electron chi connectivity index (χ2n) is 5.25. The van der Waals surface area contributed by atoms with Gasteiger partial charge in [-0.25, -0.2) is 14.8 Å². The number of nitrogens with zero attached hydrogens (tertiary/aromatic N) is 2. The molecular weight excluding hydrogens is 260 g/mol. The Morgan fingerprint density at radius 2 is 1.95 bits per heavy atom. The van der Waals surface area contributed by atoms with Gasteiger partial charge in [-0.05, 0) is 20.8 Å². The zero-order valence-electron chi connectivity index (χ0n) is 12.2. The van der Waals surface area contributed by atoms with E-state index in [2.05, 4.69) is 25.3 Å². The predicted octanol–water partition coefficient (Wildman–Crippen LogP) is 0.980. The second kappa shape index (κ2) is 6.83.